The SMILES string of the molecule is COCCNCc1ncn(C(C)CCOC)n1. The summed E-state index contributed by atoms with van der Waals surface area (Å²) in [5.41, 5.74) is 0. The molecule has 0 bridgehead atoms. The third-order valence-electron chi connectivity index (χ3n) is 2.51. The van der Waals surface area contributed by atoms with Crippen LogP contribution < -0.4 is 5.32 Å². The average Bonchev–Trinajstić information content (AvgIpc) is 2.80. The molecule has 1 aromatic heterocycles. The van der Waals surface area contributed by atoms with Crippen molar-refractivity contribution in [1.29, 1.82) is 0 Å². The summed E-state index contributed by atoms with van der Waals surface area (Å²) < 4.78 is 11.9. The molecule has 0 aliphatic carbocycles. The lowest BCUT2D eigenvalue weighted by Gasteiger charge is -2.09. The molecule has 17 heavy (non-hydrogen) atoms. The average molecular weight is 242 g/mol. The first kappa shape index (κ1) is 14.1. The van der Waals surface area contributed by atoms with E-state index in [0.29, 0.717) is 19.2 Å². The third-order valence-corrected chi connectivity index (χ3v) is 2.51. The molecule has 0 spiro atoms. The highest BCUT2D eigenvalue weighted by atomic mass is 16.5. The summed E-state index contributed by atoms with van der Waals surface area (Å²) in [7, 11) is 3.39. The standard InChI is InChI=1S/C11H22N4O2/c1-10(4-6-16-2)15-9-13-11(14-15)8-12-5-7-17-3/h9-10,12H,4-8H2,1-3H3. The molecule has 6 nitrogen and oxygen atoms in total. The van der Waals surface area contributed by atoms with Gasteiger partial charge in [-0.25, -0.2) is 9.67 Å². The fourth-order valence-electron chi connectivity index (χ4n) is 1.40. The Balaban J connectivity index is 2.31. The highest BCUT2D eigenvalue weighted by Crippen LogP contribution is 2.08. The van der Waals surface area contributed by atoms with E-state index in [1.165, 1.54) is 0 Å². The lowest BCUT2D eigenvalue weighted by molar-refractivity contribution is 0.178. The van der Waals surface area contributed by atoms with Gasteiger partial charge in [-0.1, -0.05) is 0 Å². The molecule has 0 radical (unpaired) electrons. The number of hydrogen-bond acceptors (Lipinski definition) is 5. The minimum absolute atomic E-state index is 0.315. The lowest BCUT2D eigenvalue weighted by atomic mass is 10.2. The molecule has 1 rings (SSSR count). The summed E-state index contributed by atoms with van der Waals surface area (Å²) in [5, 5.41) is 7.62. The van der Waals surface area contributed by atoms with Crippen LogP contribution in [0.2, 0.25) is 0 Å². The minimum atomic E-state index is 0.315. The van der Waals surface area contributed by atoms with E-state index in [4.69, 9.17) is 9.47 Å². The van der Waals surface area contributed by atoms with Crippen LogP contribution in [-0.2, 0) is 16.0 Å². The van der Waals surface area contributed by atoms with Crippen LogP contribution in [0.25, 0.3) is 0 Å². The molecule has 0 saturated carbocycles. The maximum absolute atomic E-state index is 5.04. The summed E-state index contributed by atoms with van der Waals surface area (Å²) in [6, 6.07) is 0.315. The van der Waals surface area contributed by atoms with E-state index in [1.807, 2.05) is 4.68 Å². The number of rotatable bonds is 9. The van der Waals surface area contributed by atoms with Crippen LogP contribution in [0.3, 0.4) is 0 Å². The fraction of sp³-hybridized carbons (Fsp3) is 0.818. The molecule has 1 unspecified atom stereocenters. The Morgan fingerprint density at radius 3 is 2.82 bits per heavy atom. The number of hydrogen-bond donors (Lipinski definition) is 1. The highest BCUT2D eigenvalue weighted by molar-refractivity contribution is 4.82. The van der Waals surface area contributed by atoms with Crippen molar-refractivity contribution >= 4 is 0 Å². The Bertz CT molecular complexity index is 303. The summed E-state index contributed by atoms with van der Waals surface area (Å²) in [6.45, 7) is 5.03. The van der Waals surface area contributed by atoms with Crippen molar-refractivity contribution in [3.8, 4) is 0 Å². The van der Waals surface area contributed by atoms with Gasteiger partial charge >= 0.3 is 0 Å². The van der Waals surface area contributed by atoms with Gasteiger partial charge in [-0.2, -0.15) is 5.10 Å². The molecule has 1 atom stereocenters. The first-order chi connectivity index (χ1) is 8.27. The molecule has 0 aliphatic rings. The molecule has 0 saturated heterocycles. The Morgan fingerprint density at radius 1 is 1.35 bits per heavy atom. The van der Waals surface area contributed by atoms with Gasteiger partial charge in [0.1, 0.15) is 6.33 Å². The van der Waals surface area contributed by atoms with Crippen molar-refractivity contribution in [1.82, 2.24) is 20.1 Å². The molecule has 0 aliphatic heterocycles. The number of aromatic nitrogens is 3. The number of methoxy groups -OCH3 is 2. The Morgan fingerprint density at radius 2 is 2.12 bits per heavy atom. The zero-order valence-electron chi connectivity index (χ0n) is 10.8. The van der Waals surface area contributed by atoms with Gasteiger partial charge in [0.2, 0.25) is 0 Å². The van der Waals surface area contributed by atoms with Crippen LogP contribution in [0.1, 0.15) is 25.2 Å². The van der Waals surface area contributed by atoms with Crippen LogP contribution in [-0.4, -0.2) is 48.7 Å². The molecular weight excluding hydrogens is 220 g/mol. The maximum Gasteiger partial charge on any atom is 0.164 e. The van der Waals surface area contributed by atoms with Crippen LogP contribution in [0, 0.1) is 0 Å². The molecule has 0 fully saturated rings. The second-order valence-corrected chi connectivity index (χ2v) is 3.94. The van der Waals surface area contributed by atoms with Crippen molar-refractivity contribution in [2.24, 2.45) is 0 Å². The molecule has 0 aromatic carbocycles. The summed E-state index contributed by atoms with van der Waals surface area (Å²) in [6.07, 6.45) is 2.71. The topological polar surface area (TPSA) is 61.2 Å². The van der Waals surface area contributed by atoms with Gasteiger partial charge in [0.15, 0.2) is 5.82 Å². The first-order valence-electron chi connectivity index (χ1n) is 5.86. The molecule has 6 heteroatoms. The van der Waals surface area contributed by atoms with Gasteiger partial charge in [-0.3, -0.25) is 0 Å². The van der Waals surface area contributed by atoms with Crippen molar-refractivity contribution in [3.05, 3.63) is 12.2 Å². The van der Waals surface area contributed by atoms with E-state index in [1.54, 1.807) is 20.5 Å². The van der Waals surface area contributed by atoms with E-state index in [0.717, 1.165) is 25.4 Å². The number of nitrogens with one attached hydrogen (secondary N) is 1. The zero-order valence-corrected chi connectivity index (χ0v) is 10.8. The van der Waals surface area contributed by atoms with Gasteiger partial charge in [0.05, 0.1) is 19.2 Å². The predicted molar refractivity (Wildman–Crippen MR) is 64.8 cm³/mol. The zero-order chi connectivity index (χ0) is 12.5. The fourth-order valence-corrected chi connectivity index (χ4v) is 1.40. The maximum atomic E-state index is 5.04. The Kier molecular flexibility index (Phi) is 6.76. The number of nitrogens with zero attached hydrogens (tertiary/aromatic N) is 3. The third kappa shape index (κ3) is 5.25. The van der Waals surface area contributed by atoms with Crippen LogP contribution >= 0.6 is 0 Å². The predicted octanol–water partition coefficient (Wildman–Crippen LogP) is 0.612. The largest absolute Gasteiger partial charge is 0.385 e. The van der Waals surface area contributed by atoms with Gasteiger partial charge in [0, 0.05) is 27.4 Å². The van der Waals surface area contributed by atoms with E-state index in [2.05, 4.69) is 22.3 Å². The molecule has 98 valence electrons. The normalized spacial score (nSPS) is 12.9. The van der Waals surface area contributed by atoms with Crippen molar-refractivity contribution < 1.29 is 9.47 Å². The first-order valence-corrected chi connectivity index (χ1v) is 5.86. The Labute approximate surface area is 102 Å². The monoisotopic (exact) mass is 242 g/mol. The highest BCUT2D eigenvalue weighted by Gasteiger charge is 2.07. The van der Waals surface area contributed by atoms with Gasteiger partial charge in [0.25, 0.3) is 0 Å². The lowest BCUT2D eigenvalue weighted by Crippen LogP contribution is -2.19. The van der Waals surface area contributed by atoms with Crippen LogP contribution in [0.5, 0.6) is 0 Å². The van der Waals surface area contributed by atoms with Crippen molar-refractivity contribution in [2.75, 3.05) is 34.0 Å². The molecular formula is C11H22N4O2. The van der Waals surface area contributed by atoms with Crippen LogP contribution in [0.4, 0.5) is 0 Å². The van der Waals surface area contributed by atoms with Gasteiger partial charge in [-0.05, 0) is 13.3 Å². The number of ether oxygens (including phenoxy) is 2. The smallest absolute Gasteiger partial charge is 0.164 e. The summed E-state index contributed by atoms with van der Waals surface area (Å²) >= 11 is 0. The summed E-state index contributed by atoms with van der Waals surface area (Å²) in [5.74, 6) is 0.811. The molecule has 0 amide bonds. The van der Waals surface area contributed by atoms with Crippen molar-refractivity contribution in [3.63, 3.8) is 0 Å². The van der Waals surface area contributed by atoms with Crippen molar-refractivity contribution in [2.45, 2.75) is 25.9 Å². The molecule has 1 heterocycles. The molecule has 1 aromatic rings. The second-order valence-electron chi connectivity index (χ2n) is 3.94. The summed E-state index contributed by atoms with van der Waals surface area (Å²) in [4.78, 5) is 4.25. The van der Waals surface area contributed by atoms with Crippen LogP contribution in [0.15, 0.2) is 6.33 Å². The van der Waals surface area contributed by atoms with E-state index >= 15 is 0 Å². The van der Waals surface area contributed by atoms with Gasteiger partial charge in [-0.15, -0.1) is 0 Å². The van der Waals surface area contributed by atoms with E-state index < -0.39 is 0 Å². The Hall–Kier alpha value is -0.980. The van der Waals surface area contributed by atoms with E-state index in [-0.39, 0.29) is 0 Å². The van der Waals surface area contributed by atoms with E-state index in [9.17, 15) is 0 Å². The quantitative estimate of drug-likeness (QED) is 0.643. The minimum Gasteiger partial charge on any atom is -0.385 e. The van der Waals surface area contributed by atoms with Gasteiger partial charge < -0.3 is 14.8 Å². The molecule has 1 N–H and O–H groups in total. The second kappa shape index (κ2) is 8.16.